The van der Waals surface area contributed by atoms with E-state index in [-0.39, 0.29) is 18.5 Å². The maximum absolute atomic E-state index is 12.1. The fraction of sp³-hybridized carbons (Fsp3) is 0.375. The van der Waals surface area contributed by atoms with Crippen molar-refractivity contribution in [3.8, 4) is 5.75 Å². The molecule has 132 valence electrons. The molecule has 9 heteroatoms. The van der Waals surface area contributed by atoms with Crippen molar-refractivity contribution in [3.63, 3.8) is 0 Å². The summed E-state index contributed by atoms with van der Waals surface area (Å²) < 4.78 is 11.8. The Balaban J connectivity index is 1.66. The summed E-state index contributed by atoms with van der Waals surface area (Å²) in [6.45, 7) is 1.89. The monoisotopic (exact) mass is 346 g/mol. The van der Waals surface area contributed by atoms with Gasteiger partial charge >= 0.3 is 11.8 Å². The van der Waals surface area contributed by atoms with E-state index < -0.39 is 24.1 Å². The maximum atomic E-state index is 12.1. The first kappa shape index (κ1) is 17.1. The van der Waals surface area contributed by atoms with Crippen LogP contribution in [0.1, 0.15) is 26.0 Å². The number of nitrogens with one attached hydrogen (secondary N) is 1. The van der Waals surface area contributed by atoms with Gasteiger partial charge in [-0.3, -0.25) is 9.88 Å². The molecular weight excluding hydrogens is 328 g/mol. The number of amides is 1. The van der Waals surface area contributed by atoms with Crippen LogP contribution in [0.4, 0.5) is 10.7 Å². The molecule has 2 aromatic rings. The van der Waals surface area contributed by atoms with E-state index in [1.807, 2.05) is 6.92 Å². The van der Waals surface area contributed by atoms with Crippen LogP contribution in [0.3, 0.4) is 0 Å². The molecule has 1 aliphatic heterocycles. The van der Waals surface area contributed by atoms with Gasteiger partial charge in [0, 0.05) is 6.42 Å². The number of rotatable bonds is 4. The van der Waals surface area contributed by atoms with Crippen molar-refractivity contribution in [3.05, 3.63) is 47.1 Å². The van der Waals surface area contributed by atoms with Gasteiger partial charge in [0.1, 0.15) is 18.3 Å². The molecule has 0 aliphatic carbocycles. The van der Waals surface area contributed by atoms with Crippen molar-refractivity contribution in [1.29, 1.82) is 0 Å². The average Bonchev–Trinajstić information content (AvgIpc) is 2.96. The van der Waals surface area contributed by atoms with Crippen molar-refractivity contribution in [1.82, 2.24) is 14.5 Å². The van der Waals surface area contributed by atoms with Crippen LogP contribution in [0, 0.1) is 0 Å². The molecule has 3 atom stereocenters. The predicted octanol–water partition coefficient (Wildman–Crippen LogP) is 1.31. The minimum atomic E-state index is -0.804. The van der Waals surface area contributed by atoms with Crippen LogP contribution in [0.2, 0.25) is 0 Å². The molecule has 0 spiro atoms. The van der Waals surface area contributed by atoms with Crippen molar-refractivity contribution < 1.29 is 19.4 Å². The Kier molecular flexibility index (Phi) is 5.05. The molecule has 1 amide bonds. The molecule has 0 saturated carbocycles. The molecule has 1 aliphatic rings. The van der Waals surface area contributed by atoms with Crippen molar-refractivity contribution in [2.45, 2.75) is 38.2 Å². The molecule has 0 bridgehead atoms. The smallest absolute Gasteiger partial charge is 0.410 e. The fourth-order valence-electron chi connectivity index (χ4n) is 2.57. The number of benzene rings is 1. The highest BCUT2D eigenvalue weighted by Gasteiger charge is 2.34. The molecule has 0 unspecified atom stereocenters. The lowest BCUT2D eigenvalue weighted by Crippen LogP contribution is -2.30. The Bertz CT molecular complexity index is 795. The van der Waals surface area contributed by atoms with Crippen molar-refractivity contribution >= 4 is 12.0 Å². The molecule has 1 fully saturated rings. The van der Waals surface area contributed by atoms with Gasteiger partial charge in [0.2, 0.25) is 5.95 Å². The second-order valence-corrected chi connectivity index (χ2v) is 5.54. The third kappa shape index (κ3) is 4.01. The second kappa shape index (κ2) is 7.41. The molecule has 2 N–H and O–H groups in total. The molecule has 1 aromatic carbocycles. The Hall–Kier alpha value is -2.78. The number of carbonyl (C=O) groups excluding carboxylic acids is 1. The number of aliphatic hydroxyl groups excluding tert-OH is 1. The van der Waals surface area contributed by atoms with Crippen LogP contribution in [-0.4, -0.2) is 37.9 Å². The van der Waals surface area contributed by atoms with Crippen LogP contribution in [-0.2, 0) is 4.74 Å². The molecule has 3 rings (SSSR count). The Morgan fingerprint density at radius 1 is 1.44 bits per heavy atom. The normalized spacial score (nSPS) is 22.6. The number of carbonyl (C=O) groups is 1. The Morgan fingerprint density at radius 2 is 2.20 bits per heavy atom. The molecule has 1 aromatic heterocycles. The second-order valence-electron chi connectivity index (χ2n) is 5.54. The van der Waals surface area contributed by atoms with Crippen LogP contribution in [0.5, 0.6) is 5.75 Å². The highest BCUT2D eigenvalue weighted by Crippen LogP contribution is 2.28. The van der Waals surface area contributed by atoms with Gasteiger partial charge in [-0.1, -0.05) is 25.1 Å². The minimum absolute atomic E-state index is 0.173. The number of hydrogen-bond acceptors (Lipinski definition) is 7. The summed E-state index contributed by atoms with van der Waals surface area (Å²) in [7, 11) is 0. The van der Waals surface area contributed by atoms with Crippen molar-refractivity contribution in [2.75, 3.05) is 5.32 Å². The predicted molar refractivity (Wildman–Crippen MR) is 87.2 cm³/mol. The molecule has 0 radical (unpaired) electrons. The van der Waals surface area contributed by atoms with Gasteiger partial charge in [-0.05, 0) is 18.6 Å². The Morgan fingerprint density at radius 3 is 2.84 bits per heavy atom. The quantitative estimate of drug-likeness (QED) is 0.857. The lowest BCUT2D eigenvalue weighted by molar-refractivity contribution is -0.0221. The lowest BCUT2D eigenvalue weighted by atomic mass is 10.1. The van der Waals surface area contributed by atoms with Crippen molar-refractivity contribution in [2.24, 2.45) is 0 Å². The summed E-state index contributed by atoms with van der Waals surface area (Å²) >= 11 is 0. The number of nitrogens with zero attached hydrogens (tertiary/aromatic N) is 3. The molecule has 9 nitrogen and oxygen atoms in total. The van der Waals surface area contributed by atoms with E-state index in [0.717, 1.165) is 0 Å². The third-order valence-corrected chi connectivity index (χ3v) is 3.81. The summed E-state index contributed by atoms with van der Waals surface area (Å²) in [6, 6.07) is 8.47. The van der Waals surface area contributed by atoms with Gasteiger partial charge in [-0.2, -0.15) is 4.98 Å². The topological polar surface area (TPSA) is 116 Å². The summed E-state index contributed by atoms with van der Waals surface area (Å²) in [5, 5.41) is 12.2. The van der Waals surface area contributed by atoms with E-state index in [1.54, 1.807) is 30.3 Å². The minimum Gasteiger partial charge on any atom is -0.410 e. The fourth-order valence-corrected chi connectivity index (χ4v) is 2.57. The van der Waals surface area contributed by atoms with Gasteiger partial charge < -0.3 is 14.6 Å². The highest BCUT2D eigenvalue weighted by molar-refractivity contribution is 5.83. The van der Waals surface area contributed by atoms with Gasteiger partial charge in [-0.25, -0.2) is 14.6 Å². The summed E-state index contributed by atoms with van der Waals surface area (Å²) in [5.74, 6) is 0.181. The zero-order chi connectivity index (χ0) is 17.8. The summed E-state index contributed by atoms with van der Waals surface area (Å²) in [4.78, 5) is 31.5. The van der Waals surface area contributed by atoms with Crippen LogP contribution < -0.4 is 15.7 Å². The first-order chi connectivity index (χ1) is 12.1. The van der Waals surface area contributed by atoms with Gasteiger partial charge in [0.15, 0.2) is 0 Å². The standard InChI is InChI=1S/C16H18N4O5/c1-2-12-11(21)8-13(25-12)20-9-17-14(18-15(20)22)19-16(23)24-10-6-4-3-5-7-10/h3-7,9,11-13,21H,2,8H2,1H3,(H,18,19,22,23)/t11-,12-,13-/m1/s1. The first-order valence-corrected chi connectivity index (χ1v) is 7.89. The Labute approximate surface area is 143 Å². The van der Waals surface area contributed by atoms with Crippen LogP contribution in [0.15, 0.2) is 41.5 Å². The molecular formula is C16H18N4O5. The number of aromatic nitrogens is 3. The van der Waals surface area contributed by atoms with E-state index in [0.29, 0.717) is 12.2 Å². The van der Waals surface area contributed by atoms with Gasteiger partial charge in [0.05, 0.1) is 12.2 Å². The van der Waals surface area contributed by atoms with Gasteiger partial charge in [-0.15, -0.1) is 0 Å². The van der Waals surface area contributed by atoms with E-state index in [9.17, 15) is 14.7 Å². The number of para-hydroxylation sites is 1. The number of aliphatic hydroxyl groups is 1. The zero-order valence-electron chi connectivity index (χ0n) is 13.5. The van der Waals surface area contributed by atoms with E-state index in [1.165, 1.54) is 10.9 Å². The SMILES string of the molecule is CC[C@H]1O[C@@H](n2cnc(NC(=O)Oc3ccccc3)nc2=O)C[C@H]1O. The van der Waals surface area contributed by atoms with Crippen LogP contribution >= 0.6 is 0 Å². The third-order valence-electron chi connectivity index (χ3n) is 3.81. The number of hydrogen-bond donors (Lipinski definition) is 2. The average molecular weight is 346 g/mol. The van der Waals surface area contributed by atoms with E-state index >= 15 is 0 Å². The number of ether oxygens (including phenoxy) is 2. The zero-order valence-corrected chi connectivity index (χ0v) is 13.5. The summed E-state index contributed by atoms with van der Waals surface area (Å²) in [6.07, 6.45) is -0.248. The number of anilines is 1. The highest BCUT2D eigenvalue weighted by atomic mass is 16.6. The van der Waals surface area contributed by atoms with E-state index in [4.69, 9.17) is 9.47 Å². The van der Waals surface area contributed by atoms with Gasteiger partial charge in [0.25, 0.3) is 0 Å². The molecule has 25 heavy (non-hydrogen) atoms. The van der Waals surface area contributed by atoms with E-state index in [2.05, 4.69) is 15.3 Å². The summed E-state index contributed by atoms with van der Waals surface area (Å²) in [5.41, 5.74) is -0.640. The largest absolute Gasteiger partial charge is 0.419 e. The first-order valence-electron chi connectivity index (χ1n) is 7.89. The van der Waals surface area contributed by atoms with Crippen LogP contribution in [0.25, 0.3) is 0 Å². The maximum Gasteiger partial charge on any atom is 0.419 e. The lowest BCUT2D eigenvalue weighted by Gasteiger charge is -2.14. The molecule has 1 saturated heterocycles. The molecule has 2 heterocycles.